The highest BCUT2D eigenvalue weighted by molar-refractivity contribution is 7.17. The lowest BCUT2D eigenvalue weighted by molar-refractivity contribution is -0.117. The van der Waals surface area contributed by atoms with Crippen molar-refractivity contribution in [3.63, 3.8) is 0 Å². The minimum atomic E-state index is -0.445. The van der Waals surface area contributed by atoms with Gasteiger partial charge in [-0.05, 0) is 62.3 Å². The molecule has 0 saturated heterocycles. The largest absolute Gasteiger partial charge is 0.365 e. The molecule has 1 atom stereocenters. The molecule has 0 saturated carbocycles. The average molecular weight is 384 g/mol. The first-order valence-corrected chi connectivity index (χ1v) is 10.4. The van der Waals surface area contributed by atoms with Crippen molar-refractivity contribution in [2.45, 2.75) is 44.6 Å². The number of carbonyl (C=O) groups is 2. The summed E-state index contributed by atoms with van der Waals surface area (Å²) in [4.78, 5) is 27.9. The summed E-state index contributed by atoms with van der Waals surface area (Å²) in [6.45, 7) is 0.291. The first kappa shape index (κ1) is 18.2. The zero-order valence-corrected chi connectivity index (χ0v) is 16.4. The molecule has 142 valence electrons. The monoisotopic (exact) mass is 383 g/mol. The second-order valence-corrected chi connectivity index (χ2v) is 8.60. The predicted molar refractivity (Wildman–Crippen MR) is 108 cm³/mol. The maximum absolute atomic E-state index is 12.7. The summed E-state index contributed by atoms with van der Waals surface area (Å²) in [6, 6.07) is 8.75. The van der Waals surface area contributed by atoms with Crippen LogP contribution in [-0.4, -0.2) is 30.3 Å². The zero-order chi connectivity index (χ0) is 19.0. The molecule has 2 amide bonds. The maximum Gasteiger partial charge on any atom is 0.251 e. The lowest BCUT2D eigenvalue weighted by Crippen LogP contribution is -2.35. The van der Waals surface area contributed by atoms with Crippen LogP contribution in [0, 0.1) is 0 Å². The molecule has 1 heterocycles. The van der Waals surface area contributed by atoms with Crippen molar-refractivity contribution < 1.29 is 9.59 Å². The van der Waals surface area contributed by atoms with Crippen LogP contribution in [-0.2, 0) is 24.1 Å². The lowest BCUT2D eigenvalue weighted by atomic mass is 9.87. The minimum absolute atomic E-state index is 0.0945. The molecule has 5 nitrogen and oxygen atoms in total. The van der Waals surface area contributed by atoms with Gasteiger partial charge in [-0.25, -0.2) is 0 Å². The van der Waals surface area contributed by atoms with Crippen molar-refractivity contribution in [2.24, 2.45) is 5.73 Å². The first-order valence-electron chi connectivity index (χ1n) is 9.57. The van der Waals surface area contributed by atoms with Crippen LogP contribution >= 0.6 is 11.3 Å². The molecule has 0 fully saturated rings. The van der Waals surface area contributed by atoms with Crippen LogP contribution < -0.4 is 11.1 Å². The van der Waals surface area contributed by atoms with Crippen LogP contribution in [0.3, 0.4) is 0 Å². The van der Waals surface area contributed by atoms with Crippen LogP contribution in [0.2, 0.25) is 0 Å². The van der Waals surface area contributed by atoms with Crippen molar-refractivity contribution in [2.75, 3.05) is 18.9 Å². The molecule has 0 aliphatic heterocycles. The average Bonchev–Trinajstić information content (AvgIpc) is 3.21. The van der Waals surface area contributed by atoms with Crippen LogP contribution in [0.15, 0.2) is 24.3 Å². The number of primary amides is 1. The van der Waals surface area contributed by atoms with E-state index in [0.29, 0.717) is 17.1 Å². The molecule has 2 aliphatic rings. The Kier molecular flexibility index (Phi) is 5.02. The summed E-state index contributed by atoms with van der Waals surface area (Å²) in [6.07, 6.45) is 6.19. The number of fused-ring (bicyclic) bond motifs is 2. The number of aryl methyl sites for hydroxylation is 2. The van der Waals surface area contributed by atoms with Gasteiger partial charge in [0, 0.05) is 10.9 Å². The summed E-state index contributed by atoms with van der Waals surface area (Å²) in [5.41, 5.74) is 9.85. The van der Waals surface area contributed by atoms with Crippen molar-refractivity contribution in [1.29, 1.82) is 0 Å². The van der Waals surface area contributed by atoms with E-state index in [1.807, 2.05) is 7.05 Å². The second-order valence-electron chi connectivity index (χ2n) is 7.50. The number of likely N-dealkylation sites (N-methyl/N-ethyl adjacent to an activating group) is 1. The Hall–Kier alpha value is -2.18. The summed E-state index contributed by atoms with van der Waals surface area (Å²) >= 11 is 1.51. The number of benzene rings is 1. The fraction of sp³-hybridized carbons (Fsp3) is 0.429. The first-order chi connectivity index (χ1) is 13.0. The summed E-state index contributed by atoms with van der Waals surface area (Å²) < 4.78 is 0. The molecule has 1 aromatic carbocycles. The molecular formula is C21H25N3O2S. The molecule has 2 aliphatic carbocycles. The van der Waals surface area contributed by atoms with E-state index in [9.17, 15) is 9.59 Å². The number of hydrogen-bond acceptors (Lipinski definition) is 4. The van der Waals surface area contributed by atoms with E-state index in [4.69, 9.17) is 5.73 Å². The summed E-state index contributed by atoms with van der Waals surface area (Å²) in [5.74, 6) is -0.540. The highest BCUT2D eigenvalue weighted by atomic mass is 32.1. The number of nitrogens with two attached hydrogens (primary N) is 1. The third kappa shape index (κ3) is 3.51. The fourth-order valence-corrected chi connectivity index (χ4v) is 5.75. The highest BCUT2D eigenvalue weighted by Crippen LogP contribution is 2.39. The number of carbonyl (C=O) groups excluding carboxylic acids is 2. The smallest absolute Gasteiger partial charge is 0.251 e. The van der Waals surface area contributed by atoms with Gasteiger partial charge in [0.05, 0.1) is 12.1 Å². The van der Waals surface area contributed by atoms with Gasteiger partial charge in [0.1, 0.15) is 5.00 Å². The zero-order valence-electron chi connectivity index (χ0n) is 15.6. The Bertz CT molecular complexity index is 890. The molecule has 3 N–H and O–H groups in total. The molecule has 0 spiro atoms. The van der Waals surface area contributed by atoms with E-state index >= 15 is 0 Å². The second kappa shape index (κ2) is 7.44. The minimum Gasteiger partial charge on any atom is -0.365 e. The number of amides is 2. The van der Waals surface area contributed by atoms with E-state index in [1.54, 1.807) is 0 Å². The quantitative estimate of drug-likeness (QED) is 0.832. The van der Waals surface area contributed by atoms with Crippen molar-refractivity contribution in [3.8, 4) is 0 Å². The van der Waals surface area contributed by atoms with Gasteiger partial charge in [-0.15, -0.1) is 11.3 Å². The van der Waals surface area contributed by atoms with Gasteiger partial charge >= 0.3 is 0 Å². The van der Waals surface area contributed by atoms with Gasteiger partial charge in [-0.3, -0.25) is 14.5 Å². The van der Waals surface area contributed by atoms with Gasteiger partial charge in [0.2, 0.25) is 5.91 Å². The van der Waals surface area contributed by atoms with Crippen LogP contribution in [0.1, 0.15) is 57.2 Å². The maximum atomic E-state index is 12.7. The Labute approximate surface area is 163 Å². The lowest BCUT2D eigenvalue weighted by Gasteiger charge is -2.32. The molecule has 0 bridgehead atoms. The Balaban J connectivity index is 1.47. The molecular weight excluding hydrogens is 358 g/mol. The van der Waals surface area contributed by atoms with Gasteiger partial charge in [0.15, 0.2) is 0 Å². The predicted octanol–water partition coefficient (Wildman–Crippen LogP) is 3.28. The Morgan fingerprint density at radius 3 is 2.85 bits per heavy atom. The van der Waals surface area contributed by atoms with E-state index in [-0.39, 0.29) is 11.9 Å². The number of nitrogens with one attached hydrogen (secondary N) is 1. The van der Waals surface area contributed by atoms with Crippen molar-refractivity contribution >= 4 is 28.2 Å². The third-order valence-electron chi connectivity index (χ3n) is 5.68. The van der Waals surface area contributed by atoms with E-state index in [0.717, 1.165) is 44.1 Å². The summed E-state index contributed by atoms with van der Waals surface area (Å²) in [5, 5.41) is 3.57. The third-order valence-corrected chi connectivity index (χ3v) is 6.89. The number of thiophene rings is 1. The molecule has 0 radical (unpaired) electrons. The number of nitrogens with zero attached hydrogens (tertiary/aromatic N) is 1. The van der Waals surface area contributed by atoms with Gasteiger partial charge in [-0.2, -0.15) is 0 Å². The highest BCUT2D eigenvalue weighted by Gasteiger charge is 2.28. The molecule has 27 heavy (non-hydrogen) atoms. The Morgan fingerprint density at radius 2 is 2.04 bits per heavy atom. The molecule has 2 aromatic rings. The fourth-order valence-electron chi connectivity index (χ4n) is 4.44. The SMILES string of the molecule is CN(CC(=O)Nc1sc2c(c1C(N)=O)CCC2)C1CCCc2ccccc21. The van der Waals surface area contributed by atoms with Gasteiger partial charge in [0.25, 0.3) is 5.91 Å². The number of hydrogen-bond donors (Lipinski definition) is 2. The molecule has 6 heteroatoms. The van der Waals surface area contributed by atoms with Gasteiger partial charge in [-0.1, -0.05) is 24.3 Å². The van der Waals surface area contributed by atoms with Crippen LogP contribution in [0.25, 0.3) is 0 Å². The van der Waals surface area contributed by atoms with E-state index < -0.39 is 5.91 Å². The van der Waals surface area contributed by atoms with Crippen LogP contribution in [0.5, 0.6) is 0 Å². The van der Waals surface area contributed by atoms with Crippen molar-refractivity contribution in [1.82, 2.24) is 4.90 Å². The summed E-state index contributed by atoms with van der Waals surface area (Å²) in [7, 11) is 2.00. The topological polar surface area (TPSA) is 75.4 Å². The standard InChI is InChI=1S/C21H25N3O2S/c1-24(16-10-4-7-13-6-2-3-8-14(13)16)12-18(25)23-21-19(20(22)26)15-9-5-11-17(15)27-21/h2-3,6,8,16H,4-5,7,9-12H2,1H3,(H2,22,26)(H,23,25). The van der Waals surface area contributed by atoms with E-state index in [1.165, 1.54) is 27.3 Å². The normalized spacial score (nSPS) is 18.2. The number of rotatable bonds is 5. The molecule has 1 aromatic heterocycles. The number of anilines is 1. The van der Waals surface area contributed by atoms with E-state index in [2.05, 4.69) is 34.5 Å². The Morgan fingerprint density at radius 1 is 1.22 bits per heavy atom. The van der Waals surface area contributed by atoms with Gasteiger partial charge < -0.3 is 11.1 Å². The van der Waals surface area contributed by atoms with Crippen molar-refractivity contribution in [3.05, 3.63) is 51.4 Å². The van der Waals surface area contributed by atoms with Crippen LogP contribution in [0.4, 0.5) is 5.00 Å². The molecule has 4 rings (SSSR count). The molecule has 1 unspecified atom stereocenters.